The van der Waals surface area contributed by atoms with Gasteiger partial charge in [0.2, 0.25) is 5.91 Å². The lowest BCUT2D eigenvalue weighted by Crippen LogP contribution is -2.32. The van der Waals surface area contributed by atoms with Gasteiger partial charge in [-0.2, -0.15) is 5.10 Å². The van der Waals surface area contributed by atoms with Crippen molar-refractivity contribution in [1.82, 2.24) is 15.1 Å². The minimum atomic E-state index is -0.365. The van der Waals surface area contributed by atoms with E-state index < -0.39 is 0 Å². The van der Waals surface area contributed by atoms with Crippen molar-refractivity contribution < 1.29 is 13.9 Å². The van der Waals surface area contributed by atoms with Gasteiger partial charge in [-0.3, -0.25) is 9.89 Å². The van der Waals surface area contributed by atoms with Crippen LogP contribution in [0.15, 0.2) is 53.7 Å². The molecule has 0 spiro atoms. The Morgan fingerprint density at radius 1 is 1.21 bits per heavy atom. The number of anilines is 1. The summed E-state index contributed by atoms with van der Waals surface area (Å²) < 4.78 is 19.4. The van der Waals surface area contributed by atoms with Gasteiger partial charge in [0.1, 0.15) is 18.2 Å². The SMILES string of the molecule is O=C(Nc1ccc(-c2cn[nH]c2)cc1SCCN1CCCC1)C1COc2ccc(F)cc2C1. The van der Waals surface area contributed by atoms with Crippen molar-refractivity contribution in [3.8, 4) is 16.9 Å². The molecule has 1 atom stereocenters. The van der Waals surface area contributed by atoms with Gasteiger partial charge in [-0.05, 0) is 73.8 Å². The van der Waals surface area contributed by atoms with Gasteiger partial charge < -0.3 is 15.0 Å². The van der Waals surface area contributed by atoms with E-state index in [1.165, 1.54) is 38.1 Å². The normalized spacial score (nSPS) is 18.0. The lowest BCUT2D eigenvalue weighted by atomic mass is 9.96. The van der Waals surface area contributed by atoms with E-state index in [0.717, 1.165) is 39.6 Å². The fourth-order valence-corrected chi connectivity index (χ4v) is 5.44. The summed E-state index contributed by atoms with van der Waals surface area (Å²) in [4.78, 5) is 16.6. The van der Waals surface area contributed by atoms with Crippen LogP contribution >= 0.6 is 11.8 Å². The van der Waals surface area contributed by atoms with E-state index in [4.69, 9.17) is 4.74 Å². The molecule has 1 aromatic heterocycles. The number of likely N-dealkylation sites (tertiary alicyclic amines) is 1. The van der Waals surface area contributed by atoms with Crippen molar-refractivity contribution in [3.05, 3.63) is 60.2 Å². The Morgan fingerprint density at radius 3 is 2.91 bits per heavy atom. The molecule has 33 heavy (non-hydrogen) atoms. The van der Waals surface area contributed by atoms with Crippen molar-refractivity contribution in [1.29, 1.82) is 0 Å². The van der Waals surface area contributed by atoms with Gasteiger partial charge in [-0.15, -0.1) is 11.8 Å². The highest BCUT2D eigenvalue weighted by molar-refractivity contribution is 7.99. The van der Waals surface area contributed by atoms with Crippen LogP contribution in [0.4, 0.5) is 10.1 Å². The third-order valence-electron chi connectivity index (χ3n) is 6.23. The molecule has 2 aromatic carbocycles. The average Bonchev–Trinajstić information content (AvgIpc) is 3.54. The summed E-state index contributed by atoms with van der Waals surface area (Å²) in [6, 6.07) is 10.5. The van der Waals surface area contributed by atoms with Gasteiger partial charge in [-0.25, -0.2) is 4.39 Å². The standard InChI is InChI=1S/C25H27FN4O2S/c26-21-4-6-23-18(12-21)11-19(16-32-23)25(31)29-22-5-3-17(20-14-27-28-15-20)13-24(22)33-10-9-30-7-1-2-8-30/h3-6,12-15,19H,1-2,7-11,16H2,(H,27,28)(H,29,31). The van der Waals surface area contributed by atoms with Crippen LogP contribution in [0.2, 0.25) is 0 Å². The third kappa shape index (κ3) is 5.23. The van der Waals surface area contributed by atoms with Crippen LogP contribution in [-0.4, -0.2) is 53.0 Å². The number of aromatic nitrogens is 2. The quantitative estimate of drug-likeness (QED) is 0.499. The predicted molar refractivity (Wildman–Crippen MR) is 128 cm³/mol. The molecule has 0 saturated carbocycles. The molecule has 0 bridgehead atoms. The Balaban J connectivity index is 1.31. The van der Waals surface area contributed by atoms with E-state index >= 15 is 0 Å². The number of fused-ring (bicyclic) bond motifs is 1. The second-order valence-electron chi connectivity index (χ2n) is 8.55. The summed E-state index contributed by atoms with van der Waals surface area (Å²) >= 11 is 1.76. The third-order valence-corrected chi connectivity index (χ3v) is 7.27. The number of carbonyl (C=O) groups is 1. The number of amides is 1. The second kappa shape index (κ2) is 9.97. The molecule has 1 unspecified atom stereocenters. The molecule has 1 fully saturated rings. The summed E-state index contributed by atoms with van der Waals surface area (Å²) in [6.07, 6.45) is 6.67. The molecule has 0 aliphatic carbocycles. The number of aromatic amines is 1. The zero-order valence-electron chi connectivity index (χ0n) is 18.4. The van der Waals surface area contributed by atoms with Crippen LogP contribution in [0.25, 0.3) is 11.1 Å². The van der Waals surface area contributed by atoms with Gasteiger partial charge in [0.05, 0.1) is 17.8 Å². The molecule has 2 aliphatic heterocycles. The Bertz CT molecular complexity index is 1120. The van der Waals surface area contributed by atoms with Gasteiger partial charge in [0, 0.05) is 29.0 Å². The monoisotopic (exact) mass is 466 g/mol. The van der Waals surface area contributed by atoms with E-state index in [1.54, 1.807) is 24.0 Å². The maximum atomic E-state index is 13.6. The van der Waals surface area contributed by atoms with E-state index in [1.807, 2.05) is 18.3 Å². The fraction of sp³-hybridized carbons (Fsp3) is 0.360. The number of ether oxygens (including phenoxy) is 1. The van der Waals surface area contributed by atoms with E-state index in [0.29, 0.717) is 12.2 Å². The first-order valence-electron chi connectivity index (χ1n) is 11.4. The number of H-pyrrole nitrogens is 1. The smallest absolute Gasteiger partial charge is 0.231 e. The van der Waals surface area contributed by atoms with E-state index in [2.05, 4.69) is 26.5 Å². The summed E-state index contributed by atoms with van der Waals surface area (Å²) in [7, 11) is 0. The first kappa shape index (κ1) is 22.0. The highest BCUT2D eigenvalue weighted by Gasteiger charge is 2.27. The summed E-state index contributed by atoms with van der Waals surface area (Å²) in [5, 5.41) is 10.0. The number of halogens is 1. The lowest BCUT2D eigenvalue weighted by molar-refractivity contribution is -0.121. The second-order valence-corrected chi connectivity index (χ2v) is 9.69. The molecule has 1 amide bonds. The molecule has 3 heterocycles. The number of nitrogens with zero attached hydrogens (tertiary/aromatic N) is 2. The van der Waals surface area contributed by atoms with Gasteiger partial charge >= 0.3 is 0 Å². The molecule has 3 aromatic rings. The molecule has 0 radical (unpaired) electrons. The molecular weight excluding hydrogens is 439 g/mol. The number of carbonyl (C=O) groups excluding carboxylic acids is 1. The van der Waals surface area contributed by atoms with Crippen molar-refractivity contribution in [2.24, 2.45) is 5.92 Å². The van der Waals surface area contributed by atoms with Crippen molar-refractivity contribution in [3.63, 3.8) is 0 Å². The number of rotatable bonds is 7. The largest absolute Gasteiger partial charge is 0.492 e. The molecule has 2 N–H and O–H groups in total. The molecule has 6 nitrogen and oxygen atoms in total. The zero-order chi connectivity index (χ0) is 22.6. The highest BCUT2D eigenvalue weighted by atomic mass is 32.2. The maximum Gasteiger partial charge on any atom is 0.231 e. The van der Waals surface area contributed by atoms with Crippen LogP contribution in [0.3, 0.4) is 0 Å². The minimum Gasteiger partial charge on any atom is -0.492 e. The molecule has 1 saturated heterocycles. The van der Waals surface area contributed by atoms with Crippen LogP contribution in [0.1, 0.15) is 18.4 Å². The first-order chi connectivity index (χ1) is 16.2. The minimum absolute atomic E-state index is 0.109. The Labute approximate surface area is 196 Å². The number of thioether (sulfide) groups is 1. The Kier molecular flexibility index (Phi) is 6.64. The summed E-state index contributed by atoms with van der Waals surface area (Å²) in [5.41, 5.74) is 3.59. The van der Waals surface area contributed by atoms with Crippen LogP contribution in [-0.2, 0) is 11.2 Å². The van der Waals surface area contributed by atoms with E-state index in [-0.39, 0.29) is 24.2 Å². The topological polar surface area (TPSA) is 70.2 Å². The maximum absolute atomic E-state index is 13.6. The fourth-order valence-electron chi connectivity index (χ4n) is 4.39. The van der Waals surface area contributed by atoms with E-state index in [9.17, 15) is 9.18 Å². The summed E-state index contributed by atoms with van der Waals surface area (Å²) in [5.74, 6) is 0.822. The predicted octanol–water partition coefficient (Wildman–Crippen LogP) is 4.59. The Hall–Kier alpha value is -2.84. The molecular formula is C25H27FN4O2S. The lowest BCUT2D eigenvalue weighted by Gasteiger charge is -2.25. The molecule has 2 aliphatic rings. The Morgan fingerprint density at radius 2 is 2.09 bits per heavy atom. The summed E-state index contributed by atoms with van der Waals surface area (Å²) in [6.45, 7) is 3.66. The van der Waals surface area contributed by atoms with Crippen molar-refractivity contribution in [2.75, 3.05) is 37.3 Å². The van der Waals surface area contributed by atoms with Crippen LogP contribution in [0, 0.1) is 11.7 Å². The van der Waals surface area contributed by atoms with Crippen molar-refractivity contribution in [2.45, 2.75) is 24.2 Å². The molecule has 8 heteroatoms. The number of hydrogen-bond donors (Lipinski definition) is 2. The van der Waals surface area contributed by atoms with Gasteiger partial charge in [0.25, 0.3) is 0 Å². The van der Waals surface area contributed by atoms with Crippen LogP contribution in [0.5, 0.6) is 5.75 Å². The molecule has 172 valence electrons. The van der Waals surface area contributed by atoms with Gasteiger partial charge in [0.15, 0.2) is 0 Å². The van der Waals surface area contributed by atoms with Crippen LogP contribution < -0.4 is 10.1 Å². The number of hydrogen-bond acceptors (Lipinski definition) is 5. The molecule has 5 rings (SSSR count). The highest BCUT2D eigenvalue weighted by Crippen LogP contribution is 2.34. The number of nitrogens with one attached hydrogen (secondary N) is 2. The van der Waals surface area contributed by atoms with Gasteiger partial charge in [-0.1, -0.05) is 6.07 Å². The zero-order valence-corrected chi connectivity index (χ0v) is 19.2. The first-order valence-corrected chi connectivity index (χ1v) is 12.3. The van der Waals surface area contributed by atoms with Crippen molar-refractivity contribution >= 4 is 23.4 Å². The average molecular weight is 467 g/mol. The number of benzene rings is 2.